The van der Waals surface area contributed by atoms with Gasteiger partial charge in [0.2, 0.25) is 0 Å². The molecule has 1 saturated heterocycles. The molecule has 0 radical (unpaired) electrons. The molecule has 3 heteroatoms. The Morgan fingerprint density at radius 2 is 2.23 bits per heavy atom. The maximum atomic E-state index is 5.62. The first-order valence-electron chi connectivity index (χ1n) is 5.06. The Hall–Kier alpha value is -0.120. The monoisotopic (exact) mass is 186 g/mol. The van der Waals surface area contributed by atoms with E-state index in [4.69, 9.17) is 4.74 Å². The Morgan fingerprint density at radius 3 is 2.62 bits per heavy atom. The minimum Gasteiger partial charge on any atom is -0.376 e. The summed E-state index contributed by atoms with van der Waals surface area (Å²) in [6.07, 6.45) is 1.13. The zero-order chi connectivity index (χ0) is 9.90. The van der Waals surface area contributed by atoms with Crippen molar-refractivity contribution < 1.29 is 4.74 Å². The molecule has 0 saturated carbocycles. The molecule has 13 heavy (non-hydrogen) atoms. The Kier molecular flexibility index (Phi) is 3.71. The molecular formula is C10H22N2O. The van der Waals surface area contributed by atoms with Crippen LogP contribution in [0, 0.1) is 0 Å². The second kappa shape index (κ2) is 4.40. The quantitative estimate of drug-likeness (QED) is 0.699. The van der Waals surface area contributed by atoms with Gasteiger partial charge in [-0.1, -0.05) is 0 Å². The number of hydrogen-bond acceptors (Lipinski definition) is 3. The first kappa shape index (κ1) is 11.0. The largest absolute Gasteiger partial charge is 0.376 e. The third kappa shape index (κ3) is 2.66. The minimum atomic E-state index is 0.0546. The van der Waals surface area contributed by atoms with Gasteiger partial charge in [-0.15, -0.1) is 0 Å². The van der Waals surface area contributed by atoms with E-state index in [-0.39, 0.29) is 5.60 Å². The molecule has 0 amide bonds. The van der Waals surface area contributed by atoms with Crippen molar-refractivity contribution in [1.82, 2.24) is 10.2 Å². The lowest BCUT2D eigenvalue weighted by molar-refractivity contribution is -0.0213. The zero-order valence-corrected chi connectivity index (χ0v) is 9.26. The highest BCUT2D eigenvalue weighted by molar-refractivity contribution is 4.92. The summed E-state index contributed by atoms with van der Waals surface area (Å²) in [4.78, 5) is 2.34. The lowest BCUT2D eigenvalue weighted by atomic mass is 10.0. The molecular weight excluding hydrogens is 164 g/mol. The zero-order valence-electron chi connectivity index (χ0n) is 9.26. The number of nitrogens with one attached hydrogen (secondary N) is 1. The molecule has 78 valence electrons. The summed E-state index contributed by atoms with van der Waals surface area (Å²) in [6, 6.07) is 0.590. The predicted octanol–water partition coefficient (Wildman–Crippen LogP) is 0.705. The van der Waals surface area contributed by atoms with Crippen LogP contribution in [0.25, 0.3) is 0 Å². The average Bonchev–Trinajstić information content (AvgIpc) is 2.54. The molecule has 0 spiro atoms. The van der Waals surface area contributed by atoms with Gasteiger partial charge in [-0.05, 0) is 33.9 Å². The number of rotatable bonds is 4. The van der Waals surface area contributed by atoms with Crippen LogP contribution in [0.3, 0.4) is 0 Å². The lowest BCUT2D eigenvalue weighted by Gasteiger charge is -2.33. The number of likely N-dealkylation sites (N-methyl/N-ethyl adjacent to an activating group) is 1. The summed E-state index contributed by atoms with van der Waals surface area (Å²) in [5.74, 6) is 0. The summed E-state index contributed by atoms with van der Waals surface area (Å²) in [5, 5.41) is 3.36. The third-order valence-electron chi connectivity index (χ3n) is 3.06. The fourth-order valence-corrected chi connectivity index (χ4v) is 1.73. The van der Waals surface area contributed by atoms with Gasteiger partial charge in [-0.3, -0.25) is 0 Å². The Morgan fingerprint density at radius 1 is 1.54 bits per heavy atom. The molecule has 0 aromatic heterocycles. The smallest absolute Gasteiger partial charge is 0.0940 e. The highest BCUT2D eigenvalue weighted by Gasteiger charge is 2.35. The molecule has 0 aromatic rings. The van der Waals surface area contributed by atoms with E-state index in [1.165, 1.54) is 0 Å². The predicted molar refractivity (Wildman–Crippen MR) is 55.0 cm³/mol. The van der Waals surface area contributed by atoms with Gasteiger partial charge in [-0.2, -0.15) is 0 Å². The maximum Gasteiger partial charge on any atom is 0.0940 e. The lowest BCUT2D eigenvalue weighted by Crippen LogP contribution is -2.46. The molecule has 0 aliphatic carbocycles. The van der Waals surface area contributed by atoms with Crippen LogP contribution < -0.4 is 5.32 Å². The second-order valence-electron chi connectivity index (χ2n) is 4.32. The molecule has 1 aliphatic heterocycles. The number of ether oxygens (including phenoxy) is 1. The molecule has 0 bridgehead atoms. The molecule has 1 aliphatic rings. The van der Waals surface area contributed by atoms with Gasteiger partial charge in [0.05, 0.1) is 5.60 Å². The molecule has 3 nitrogen and oxygen atoms in total. The first-order valence-corrected chi connectivity index (χ1v) is 5.06. The summed E-state index contributed by atoms with van der Waals surface area (Å²) >= 11 is 0. The average molecular weight is 186 g/mol. The maximum absolute atomic E-state index is 5.62. The normalized spacial score (nSPS) is 29.1. The van der Waals surface area contributed by atoms with E-state index in [1.807, 2.05) is 7.11 Å². The number of hydrogen-bond donors (Lipinski definition) is 1. The van der Waals surface area contributed by atoms with Crippen LogP contribution in [0.2, 0.25) is 0 Å². The van der Waals surface area contributed by atoms with Gasteiger partial charge in [0.1, 0.15) is 0 Å². The Bertz CT molecular complexity index is 153. The number of methoxy groups -OCH3 is 1. The fraction of sp³-hybridized carbons (Fsp3) is 1.00. The van der Waals surface area contributed by atoms with E-state index in [1.54, 1.807) is 0 Å². The third-order valence-corrected chi connectivity index (χ3v) is 3.06. The molecule has 1 fully saturated rings. The Balaban J connectivity index is 2.48. The standard InChI is InChI=1S/C10H22N2O/c1-9(2)12(3)8-10(13-4)5-6-11-7-10/h9,11H,5-8H2,1-4H3. The van der Waals surface area contributed by atoms with Crippen molar-refractivity contribution in [2.45, 2.75) is 31.9 Å². The van der Waals surface area contributed by atoms with Crippen LogP contribution in [0.4, 0.5) is 0 Å². The van der Waals surface area contributed by atoms with Gasteiger partial charge >= 0.3 is 0 Å². The van der Waals surface area contributed by atoms with E-state index >= 15 is 0 Å². The van der Waals surface area contributed by atoms with E-state index < -0.39 is 0 Å². The van der Waals surface area contributed by atoms with Crippen molar-refractivity contribution in [3.8, 4) is 0 Å². The van der Waals surface area contributed by atoms with Crippen LogP contribution in [0.1, 0.15) is 20.3 Å². The molecule has 1 rings (SSSR count). The topological polar surface area (TPSA) is 24.5 Å². The van der Waals surface area contributed by atoms with E-state index in [0.717, 1.165) is 26.1 Å². The summed E-state index contributed by atoms with van der Waals surface area (Å²) in [5.41, 5.74) is 0.0546. The number of nitrogens with zero attached hydrogens (tertiary/aromatic N) is 1. The van der Waals surface area contributed by atoms with Crippen molar-refractivity contribution in [3.05, 3.63) is 0 Å². The van der Waals surface area contributed by atoms with Crippen LogP contribution in [0.15, 0.2) is 0 Å². The van der Waals surface area contributed by atoms with Crippen molar-refractivity contribution in [2.75, 3.05) is 33.8 Å². The molecule has 0 aromatic carbocycles. The Labute approximate surface area is 81.4 Å². The van der Waals surface area contributed by atoms with Gasteiger partial charge in [0.15, 0.2) is 0 Å². The fourth-order valence-electron chi connectivity index (χ4n) is 1.73. The second-order valence-corrected chi connectivity index (χ2v) is 4.32. The SMILES string of the molecule is COC1(CN(C)C(C)C)CCNC1. The molecule has 1 N–H and O–H groups in total. The summed E-state index contributed by atoms with van der Waals surface area (Å²) in [7, 11) is 3.98. The van der Waals surface area contributed by atoms with Crippen LogP contribution in [-0.2, 0) is 4.74 Å². The van der Waals surface area contributed by atoms with Gasteiger partial charge < -0.3 is 15.0 Å². The van der Waals surface area contributed by atoms with E-state index in [2.05, 4.69) is 31.1 Å². The van der Waals surface area contributed by atoms with Crippen LogP contribution >= 0.6 is 0 Å². The van der Waals surface area contributed by atoms with Crippen molar-refractivity contribution in [1.29, 1.82) is 0 Å². The van der Waals surface area contributed by atoms with E-state index in [0.29, 0.717) is 6.04 Å². The van der Waals surface area contributed by atoms with E-state index in [9.17, 15) is 0 Å². The van der Waals surface area contributed by atoms with Crippen molar-refractivity contribution in [2.24, 2.45) is 0 Å². The van der Waals surface area contributed by atoms with Gasteiger partial charge in [-0.25, -0.2) is 0 Å². The molecule has 1 unspecified atom stereocenters. The highest BCUT2D eigenvalue weighted by atomic mass is 16.5. The highest BCUT2D eigenvalue weighted by Crippen LogP contribution is 2.20. The van der Waals surface area contributed by atoms with Crippen LogP contribution in [-0.4, -0.2) is 50.3 Å². The van der Waals surface area contributed by atoms with Crippen molar-refractivity contribution >= 4 is 0 Å². The van der Waals surface area contributed by atoms with Crippen molar-refractivity contribution in [3.63, 3.8) is 0 Å². The van der Waals surface area contributed by atoms with Crippen LogP contribution in [0.5, 0.6) is 0 Å². The first-order chi connectivity index (χ1) is 6.09. The molecule has 1 heterocycles. The summed E-state index contributed by atoms with van der Waals surface area (Å²) < 4.78 is 5.62. The molecule has 1 atom stereocenters. The minimum absolute atomic E-state index is 0.0546. The van der Waals surface area contributed by atoms with Gasteiger partial charge in [0, 0.05) is 26.2 Å². The van der Waals surface area contributed by atoms with Gasteiger partial charge in [0.25, 0.3) is 0 Å². The summed E-state index contributed by atoms with van der Waals surface area (Å²) in [6.45, 7) is 7.52.